The maximum Gasteiger partial charge on any atom is 0.269 e. The lowest BCUT2D eigenvalue weighted by Gasteiger charge is -2.14. The highest BCUT2D eigenvalue weighted by Gasteiger charge is 2.41. The van der Waals surface area contributed by atoms with Crippen LogP contribution in [0.2, 0.25) is 0 Å². The van der Waals surface area contributed by atoms with Gasteiger partial charge in [0.1, 0.15) is 11.4 Å². The second-order valence-corrected chi connectivity index (χ2v) is 7.84. The molecule has 0 atom stereocenters. The Hall–Kier alpha value is -2.47. The van der Waals surface area contributed by atoms with Crippen molar-refractivity contribution in [2.24, 2.45) is 0 Å². The Morgan fingerprint density at radius 3 is 2.25 bits per heavy atom. The molecule has 24 heavy (non-hydrogen) atoms. The van der Waals surface area contributed by atoms with Crippen LogP contribution in [0.4, 0.5) is 0 Å². The third kappa shape index (κ3) is 2.63. The number of nitrogens with zero attached hydrogens (tertiary/aromatic N) is 1. The van der Waals surface area contributed by atoms with Crippen LogP contribution in [0, 0.1) is 0 Å². The molecule has 1 amide bonds. The van der Waals surface area contributed by atoms with Crippen molar-refractivity contribution in [1.29, 1.82) is 0 Å². The fraction of sp³-hybridized carbons (Fsp3) is 0.222. The molecule has 0 spiro atoms. The molecule has 0 N–H and O–H groups in total. The molecule has 1 heterocycles. The minimum absolute atomic E-state index is 0.0436. The van der Waals surface area contributed by atoms with E-state index in [1.807, 2.05) is 26.0 Å². The molecule has 2 aromatic carbocycles. The minimum atomic E-state index is -3.96. The van der Waals surface area contributed by atoms with Crippen molar-refractivity contribution in [3.63, 3.8) is 0 Å². The summed E-state index contributed by atoms with van der Waals surface area (Å²) < 4.78 is 25.6. The molecule has 3 rings (SSSR count). The monoisotopic (exact) mass is 343 g/mol. The van der Waals surface area contributed by atoms with E-state index >= 15 is 0 Å². The van der Waals surface area contributed by atoms with Crippen LogP contribution >= 0.6 is 0 Å². The highest BCUT2D eigenvalue weighted by molar-refractivity contribution is 7.90. The van der Waals surface area contributed by atoms with E-state index in [1.165, 1.54) is 12.1 Å². The quantitative estimate of drug-likeness (QED) is 0.800. The molecule has 0 saturated carbocycles. The lowest BCUT2D eigenvalue weighted by Crippen LogP contribution is -2.35. The number of rotatable bonds is 4. The Morgan fingerprint density at radius 1 is 1.04 bits per heavy atom. The Kier molecular flexibility index (Phi) is 4.01. The maximum absolute atomic E-state index is 12.5. The van der Waals surface area contributed by atoms with Crippen molar-refractivity contribution in [2.75, 3.05) is 6.54 Å². The minimum Gasteiger partial charge on any atom is -0.292 e. The smallest absolute Gasteiger partial charge is 0.269 e. The fourth-order valence-corrected chi connectivity index (χ4v) is 4.19. The van der Waals surface area contributed by atoms with E-state index in [1.54, 1.807) is 24.3 Å². The summed E-state index contributed by atoms with van der Waals surface area (Å²) in [6.07, 6.45) is 0. The first-order valence-electron chi connectivity index (χ1n) is 7.61. The number of ketones is 1. The summed E-state index contributed by atoms with van der Waals surface area (Å²) >= 11 is 0. The maximum atomic E-state index is 12.5. The molecule has 1 aliphatic rings. The molecular formula is C18H17NO4S. The molecule has 2 aromatic rings. The predicted octanol–water partition coefficient (Wildman–Crippen LogP) is 2.84. The molecular weight excluding hydrogens is 326 g/mol. The van der Waals surface area contributed by atoms with Crippen LogP contribution in [0.5, 0.6) is 0 Å². The van der Waals surface area contributed by atoms with Crippen LogP contribution in [0.1, 0.15) is 46.0 Å². The largest absolute Gasteiger partial charge is 0.292 e. The first-order chi connectivity index (χ1) is 11.3. The standard InChI is InChI=1S/C18H17NO4S/c1-12(2)13-7-9-14(10-8-13)16(20)11-19-18(21)15-5-3-4-6-17(15)24(19,22)23/h3-10,12H,11H2,1-2H3. The lowest BCUT2D eigenvalue weighted by molar-refractivity contribution is 0.0820. The van der Waals surface area contributed by atoms with Gasteiger partial charge in [-0.1, -0.05) is 50.2 Å². The highest BCUT2D eigenvalue weighted by atomic mass is 32.2. The molecule has 0 aliphatic carbocycles. The molecule has 124 valence electrons. The second kappa shape index (κ2) is 5.87. The van der Waals surface area contributed by atoms with Gasteiger partial charge in [-0.3, -0.25) is 9.59 Å². The molecule has 5 nitrogen and oxygen atoms in total. The van der Waals surface area contributed by atoms with E-state index in [4.69, 9.17) is 0 Å². The van der Waals surface area contributed by atoms with E-state index in [0.717, 1.165) is 5.56 Å². The van der Waals surface area contributed by atoms with E-state index < -0.39 is 28.3 Å². The third-order valence-electron chi connectivity index (χ3n) is 4.10. The van der Waals surface area contributed by atoms with Gasteiger partial charge in [0.05, 0.1) is 5.56 Å². The molecule has 0 unspecified atom stereocenters. The molecule has 1 aliphatic heterocycles. The highest BCUT2D eigenvalue weighted by Crippen LogP contribution is 2.30. The second-order valence-electron chi connectivity index (χ2n) is 6.01. The summed E-state index contributed by atoms with van der Waals surface area (Å²) in [5.74, 6) is -0.725. The molecule has 0 bridgehead atoms. The number of hydrogen-bond donors (Lipinski definition) is 0. The van der Waals surface area contributed by atoms with Gasteiger partial charge in [0.25, 0.3) is 15.9 Å². The van der Waals surface area contributed by atoms with Crippen LogP contribution < -0.4 is 0 Å². The zero-order valence-corrected chi connectivity index (χ0v) is 14.2. The number of amides is 1. The van der Waals surface area contributed by atoms with Crippen molar-refractivity contribution >= 4 is 21.7 Å². The zero-order chi connectivity index (χ0) is 17.5. The SMILES string of the molecule is CC(C)c1ccc(C(=O)CN2C(=O)c3ccccc3S2(=O)=O)cc1. The summed E-state index contributed by atoms with van der Waals surface area (Å²) in [4.78, 5) is 24.7. The Bertz CT molecular complexity index is 914. The average molecular weight is 343 g/mol. The number of Topliss-reactive ketones (excluding diaryl/α,β-unsaturated/α-hetero) is 1. The predicted molar refractivity (Wildman–Crippen MR) is 89.5 cm³/mol. The number of sulfonamides is 1. The normalized spacial score (nSPS) is 15.6. The topological polar surface area (TPSA) is 71.5 Å². The van der Waals surface area contributed by atoms with Gasteiger partial charge in [-0.2, -0.15) is 0 Å². The number of hydrogen-bond acceptors (Lipinski definition) is 4. The molecule has 6 heteroatoms. The number of carbonyl (C=O) groups excluding carboxylic acids is 2. The number of carbonyl (C=O) groups is 2. The van der Waals surface area contributed by atoms with Gasteiger partial charge >= 0.3 is 0 Å². The van der Waals surface area contributed by atoms with Gasteiger partial charge in [-0.25, -0.2) is 12.7 Å². The van der Waals surface area contributed by atoms with Crippen molar-refractivity contribution in [2.45, 2.75) is 24.7 Å². The third-order valence-corrected chi connectivity index (χ3v) is 5.89. The van der Waals surface area contributed by atoms with E-state index in [-0.39, 0.29) is 10.5 Å². The lowest BCUT2D eigenvalue weighted by atomic mass is 10.0. The Labute approximate surface area is 141 Å². The number of fused-ring (bicyclic) bond motifs is 1. The molecule has 0 saturated heterocycles. The first kappa shape index (κ1) is 16.4. The van der Waals surface area contributed by atoms with Crippen molar-refractivity contribution in [1.82, 2.24) is 4.31 Å². The molecule has 0 aromatic heterocycles. The summed E-state index contributed by atoms with van der Waals surface area (Å²) in [5, 5.41) is 0. The van der Waals surface area contributed by atoms with E-state index in [9.17, 15) is 18.0 Å². The van der Waals surface area contributed by atoms with Gasteiger partial charge in [0.2, 0.25) is 0 Å². The van der Waals surface area contributed by atoms with Crippen LogP contribution in [-0.4, -0.2) is 31.0 Å². The van der Waals surface area contributed by atoms with Crippen LogP contribution in [0.25, 0.3) is 0 Å². The molecule has 0 radical (unpaired) electrons. The van der Waals surface area contributed by atoms with E-state index in [0.29, 0.717) is 15.8 Å². The Morgan fingerprint density at radius 2 is 1.67 bits per heavy atom. The van der Waals surface area contributed by atoms with Crippen LogP contribution in [0.15, 0.2) is 53.4 Å². The first-order valence-corrected chi connectivity index (χ1v) is 9.05. The Balaban J connectivity index is 1.86. The van der Waals surface area contributed by atoms with E-state index in [2.05, 4.69) is 0 Å². The van der Waals surface area contributed by atoms with Gasteiger partial charge in [-0.15, -0.1) is 0 Å². The van der Waals surface area contributed by atoms with Gasteiger partial charge in [0.15, 0.2) is 5.78 Å². The van der Waals surface area contributed by atoms with Crippen LogP contribution in [0.3, 0.4) is 0 Å². The van der Waals surface area contributed by atoms with Gasteiger partial charge in [-0.05, 0) is 23.6 Å². The summed E-state index contributed by atoms with van der Waals surface area (Å²) in [5.41, 5.74) is 1.59. The molecule has 0 fully saturated rings. The number of benzene rings is 2. The van der Waals surface area contributed by atoms with Crippen molar-refractivity contribution in [3.05, 3.63) is 65.2 Å². The van der Waals surface area contributed by atoms with Crippen molar-refractivity contribution < 1.29 is 18.0 Å². The van der Waals surface area contributed by atoms with Gasteiger partial charge < -0.3 is 0 Å². The summed E-state index contributed by atoms with van der Waals surface area (Å²) in [6, 6.07) is 13.0. The zero-order valence-electron chi connectivity index (χ0n) is 13.4. The van der Waals surface area contributed by atoms with Crippen molar-refractivity contribution in [3.8, 4) is 0 Å². The fourth-order valence-electron chi connectivity index (χ4n) is 2.66. The summed E-state index contributed by atoms with van der Waals surface area (Å²) in [6.45, 7) is 3.60. The van der Waals surface area contributed by atoms with Crippen LogP contribution in [-0.2, 0) is 10.0 Å². The van der Waals surface area contributed by atoms with Gasteiger partial charge in [0, 0.05) is 5.56 Å². The summed E-state index contributed by atoms with van der Waals surface area (Å²) in [7, 11) is -3.96. The average Bonchev–Trinajstić information content (AvgIpc) is 2.76.